The molecule has 0 atom stereocenters. The van der Waals surface area contributed by atoms with Gasteiger partial charge in [-0.1, -0.05) is 12.1 Å². The molecule has 0 aromatic heterocycles. The van der Waals surface area contributed by atoms with E-state index >= 15 is 0 Å². The molecular formula is C19H11F3O9. The first-order chi connectivity index (χ1) is 14.3. The highest BCUT2D eigenvalue weighted by Crippen LogP contribution is 2.49. The zero-order valence-electron chi connectivity index (χ0n) is 15.3. The maximum atomic E-state index is 13.6. The zero-order chi connectivity index (χ0) is 23.4. The van der Waals surface area contributed by atoms with Crippen molar-refractivity contribution in [3.63, 3.8) is 0 Å². The number of aromatic carboxylic acids is 4. The summed E-state index contributed by atoms with van der Waals surface area (Å²) in [5.74, 6) is -9.84. The number of rotatable bonds is 4. The molecule has 0 fully saturated rings. The van der Waals surface area contributed by atoms with Crippen LogP contribution in [0.4, 0.5) is 13.2 Å². The minimum absolute atomic E-state index is 0.177. The van der Waals surface area contributed by atoms with Crippen LogP contribution >= 0.6 is 0 Å². The Bertz CT molecular complexity index is 1200. The zero-order valence-corrected chi connectivity index (χ0v) is 15.3. The van der Waals surface area contributed by atoms with E-state index in [1.807, 2.05) is 0 Å². The van der Waals surface area contributed by atoms with Gasteiger partial charge in [-0.3, -0.25) is 0 Å². The topological polar surface area (TPSA) is 158 Å². The number of carboxylic acids is 4. The fraction of sp³-hybridized carbons (Fsp3) is 0.158. The second-order valence-corrected chi connectivity index (χ2v) is 6.55. The molecule has 2 aromatic carbocycles. The first-order valence-electron chi connectivity index (χ1n) is 8.30. The highest BCUT2D eigenvalue weighted by atomic mass is 19.4. The summed E-state index contributed by atoms with van der Waals surface area (Å²) in [5, 5.41) is 37.9. The molecule has 0 aliphatic carbocycles. The molecule has 0 radical (unpaired) electrons. The third kappa shape index (κ3) is 3.31. The molecule has 0 bridgehead atoms. The summed E-state index contributed by atoms with van der Waals surface area (Å²) in [7, 11) is 0. The highest BCUT2D eigenvalue weighted by molar-refractivity contribution is 6.16. The van der Waals surface area contributed by atoms with Gasteiger partial charge in [-0.15, -0.1) is 0 Å². The lowest BCUT2D eigenvalue weighted by atomic mass is 9.85. The van der Waals surface area contributed by atoms with Crippen molar-refractivity contribution in [1.29, 1.82) is 0 Å². The molecule has 4 N–H and O–H groups in total. The molecule has 3 rings (SSSR count). The van der Waals surface area contributed by atoms with Crippen LogP contribution in [-0.2, 0) is 12.6 Å². The fourth-order valence-corrected chi connectivity index (χ4v) is 3.55. The van der Waals surface area contributed by atoms with Crippen molar-refractivity contribution in [2.45, 2.75) is 19.5 Å². The quantitative estimate of drug-likeness (QED) is 0.476. The standard InChI is InChI=1S/C19H11F3O9/c1-5-2-3-6-4-7-8(15(23)24)9(16(25)26)10(17(27)28)11(18(29)30)14(7)31-13(6)12(5)19(20,21)22/h2-3H,4H2,1H3,(H,23,24)(H,25,26)(H,27,28)(H,29,30). The van der Waals surface area contributed by atoms with Crippen LogP contribution in [0, 0.1) is 6.92 Å². The minimum atomic E-state index is -4.93. The first kappa shape index (κ1) is 21.6. The number of benzene rings is 2. The van der Waals surface area contributed by atoms with Gasteiger partial charge in [-0.05, 0) is 18.1 Å². The minimum Gasteiger partial charge on any atom is -0.478 e. The molecule has 12 heteroatoms. The number of halogens is 3. The van der Waals surface area contributed by atoms with Crippen molar-refractivity contribution in [2.24, 2.45) is 0 Å². The van der Waals surface area contributed by atoms with Crippen molar-refractivity contribution in [3.05, 3.63) is 56.6 Å². The van der Waals surface area contributed by atoms with E-state index in [0.29, 0.717) is 0 Å². The van der Waals surface area contributed by atoms with Crippen molar-refractivity contribution in [3.8, 4) is 11.5 Å². The van der Waals surface area contributed by atoms with Crippen molar-refractivity contribution in [2.75, 3.05) is 0 Å². The monoisotopic (exact) mass is 440 g/mol. The summed E-state index contributed by atoms with van der Waals surface area (Å²) in [6.07, 6.45) is -5.56. The smallest absolute Gasteiger partial charge is 0.420 e. The van der Waals surface area contributed by atoms with Crippen LogP contribution in [0.3, 0.4) is 0 Å². The summed E-state index contributed by atoms with van der Waals surface area (Å²) in [4.78, 5) is 47.0. The summed E-state index contributed by atoms with van der Waals surface area (Å²) >= 11 is 0. The molecule has 0 amide bonds. The van der Waals surface area contributed by atoms with Gasteiger partial charge < -0.3 is 25.2 Å². The average molecular weight is 440 g/mol. The second-order valence-electron chi connectivity index (χ2n) is 6.55. The molecule has 0 saturated carbocycles. The largest absolute Gasteiger partial charge is 0.478 e. The third-order valence-corrected chi connectivity index (χ3v) is 4.71. The highest BCUT2D eigenvalue weighted by Gasteiger charge is 2.43. The molecule has 1 aliphatic rings. The van der Waals surface area contributed by atoms with Crippen molar-refractivity contribution < 1.29 is 57.5 Å². The van der Waals surface area contributed by atoms with Crippen LogP contribution < -0.4 is 4.74 Å². The van der Waals surface area contributed by atoms with Gasteiger partial charge >= 0.3 is 30.1 Å². The number of fused-ring (bicyclic) bond motifs is 2. The van der Waals surface area contributed by atoms with Gasteiger partial charge in [-0.2, -0.15) is 13.2 Å². The van der Waals surface area contributed by atoms with E-state index in [9.17, 15) is 52.8 Å². The van der Waals surface area contributed by atoms with Crippen LogP contribution in [0.1, 0.15) is 63.7 Å². The van der Waals surface area contributed by atoms with Gasteiger partial charge in [0.25, 0.3) is 0 Å². The van der Waals surface area contributed by atoms with Crippen LogP contribution in [0.5, 0.6) is 11.5 Å². The maximum absolute atomic E-state index is 13.6. The number of hydrogen-bond acceptors (Lipinski definition) is 5. The Hall–Kier alpha value is -4.09. The van der Waals surface area contributed by atoms with Gasteiger partial charge in [0.15, 0.2) is 0 Å². The Kier molecular flexibility index (Phi) is 4.88. The Balaban J connectivity index is 2.51. The Morgan fingerprint density at radius 1 is 0.806 bits per heavy atom. The van der Waals surface area contributed by atoms with Crippen molar-refractivity contribution in [1.82, 2.24) is 0 Å². The molecule has 31 heavy (non-hydrogen) atoms. The summed E-state index contributed by atoms with van der Waals surface area (Å²) in [6.45, 7) is 1.12. The Labute approximate surface area is 169 Å². The average Bonchev–Trinajstić information content (AvgIpc) is 2.62. The summed E-state index contributed by atoms with van der Waals surface area (Å²) in [5.41, 5.74) is -7.32. The van der Waals surface area contributed by atoms with Crippen LogP contribution in [0.2, 0.25) is 0 Å². The lowest BCUT2D eigenvalue weighted by Crippen LogP contribution is -2.25. The maximum Gasteiger partial charge on any atom is 0.420 e. The molecule has 1 aliphatic heterocycles. The van der Waals surface area contributed by atoms with Crippen LogP contribution in [0.25, 0.3) is 0 Å². The molecule has 0 saturated heterocycles. The summed E-state index contributed by atoms with van der Waals surface area (Å²) < 4.78 is 46.0. The molecule has 0 spiro atoms. The number of aryl methyl sites for hydroxylation is 1. The predicted octanol–water partition coefficient (Wildman–Crippen LogP) is 3.50. The molecule has 9 nitrogen and oxygen atoms in total. The van der Waals surface area contributed by atoms with Gasteiger partial charge in [0.1, 0.15) is 22.6 Å². The normalized spacial score (nSPS) is 12.4. The van der Waals surface area contributed by atoms with E-state index in [2.05, 4.69) is 0 Å². The van der Waals surface area contributed by atoms with Gasteiger partial charge in [-0.25, -0.2) is 19.2 Å². The van der Waals surface area contributed by atoms with E-state index in [1.54, 1.807) is 0 Å². The predicted molar refractivity (Wildman–Crippen MR) is 93.3 cm³/mol. The number of hydrogen-bond donors (Lipinski definition) is 4. The first-order valence-corrected chi connectivity index (χ1v) is 8.30. The van der Waals surface area contributed by atoms with Crippen LogP contribution in [-0.4, -0.2) is 44.3 Å². The molecule has 2 aromatic rings. The third-order valence-electron chi connectivity index (χ3n) is 4.71. The molecule has 162 valence electrons. The molecule has 0 unspecified atom stereocenters. The lowest BCUT2D eigenvalue weighted by molar-refractivity contribution is -0.139. The van der Waals surface area contributed by atoms with E-state index in [0.717, 1.165) is 13.0 Å². The van der Waals surface area contributed by atoms with Gasteiger partial charge in [0.05, 0.1) is 16.7 Å². The molecular weight excluding hydrogens is 429 g/mol. The fourth-order valence-electron chi connectivity index (χ4n) is 3.55. The van der Waals surface area contributed by atoms with Crippen molar-refractivity contribution >= 4 is 23.9 Å². The van der Waals surface area contributed by atoms with E-state index in [1.165, 1.54) is 6.07 Å². The van der Waals surface area contributed by atoms with Crippen LogP contribution in [0.15, 0.2) is 12.1 Å². The van der Waals surface area contributed by atoms with E-state index < -0.39 is 81.4 Å². The van der Waals surface area contributed by atoms with E-state index in [-0.39, 0.29) is 11.1 Å². The SMILES string of the molecule is Cc1ccc2c(c1C(F)(F)F)Oc1c(c(C(=O)O)c(C(=O)O)c(C(=O)O)c1C(=O)O)C2. The van der Waals surface area contributed by atoms with Gasteiger partial charge in [0.2, 0.25) is 0 Å². The van der Waals surface area contributed by atoms with Gasteiger partial charge in [0, 0.05) is 12.0 Å². The Morgan fingerprint density at radius 3 is 1.74 bits per heavy atom. The molecule has 1 heterocycles. The lowest BCUT2D eigenvalue weighted by Gasteiger charge is -2.28. The number of carbonyl (C=O) groups is 4. The van der Waals surface area contributed by atoms with E-state index in [4.69, 9.17) is 4.74 Å². The second kappa shape index (κ2) is 7.00. The number of carboxylic acid groups (broad SMARTS) is 4. The summed E-state index contributed by atoms with van der Waals surface area (Å²) in [6, 6.07) is 2.29. The number of ether oxygens (including phenoxy) is 1. The number of alkyl halides is 3. The Morgan fingerprint density at radius 2 is 1.29 bits per heavy atom.